The molecular formula is C19H15N3O2S. The molecule has 1 amide bonds. The number of carbonyl (C=O) groups is 1. The van der Waals surface area contributed by atoms with Crippen LogP contribution in [0.3, 0.4) is 0 Å². The first-order valence-corrected chi connectivity index (χ1v) is 8.66. The van der Waals surface area contributed by atoms with E-state index >= 15 is 0 Å². The van der Waals surface area contributed by atoms with Crippen molar-refractivity contribution < 1.29 is 4.79 Å². The third-order valence-electron chi connectivity index (χ3n) is 3.99. The summed E-state index contributed by atoms with van der Waals surface area (Å²) in [6.45, 7) is 1.87. The van der Waals surface area contributed by atoms with Gasteiger partial charge in [0.2, 0.25) is 5.91 Å². The van der Waals surface area contributed by atoms with E-state index in [4.69, 9.17) is 0 Å². The normalized spacial score (nSPS) is 11.1. The first-order valence-electron chi connectivity index (χ1n) is 7.84. The number of nitrogens with zero attached hydrogens (tertiary/aromatic N) is 2. The van der Waals surface area contributed by atoms with E-state index in [2.05, 4.69) is 10.3 Å². The second-order valence-electron chi connectivity index (χ2n) is 5.86. The standard InChI is InChI=1S/C19H15N3O2S/c1-12-8-16-18(25-12)20-11-22(19(16)24)10-17(23)21-15-7-6-13-4-2-3-5-14(13)9-15/h2-9,11H,10H2,1H3,(H,21,23). The van der Waals surface area contributed by atoms with Gasteiger partial charge in [0.25, 0.3) is 5.56 Å². The van der Waals surface area contributed by atoms with Crippen LogP contribution in [0.2, 0.25) is 0 Å². The molecule has 0 aliphatic rings. The molecule has 6 heteroatoms. The topological polar surface area (TPSA) is 64.0 Å². The molecule has 2 aromatic carbocycles. The minimum Gasteiger partial charge on any atom is -0.325 e. The predicted octanol–water partition coefficient (Wildman–Crippen LogP) is 3.56. The third kappa shape index (κ3) is 3.04. The van der Waals surface area contributed by atoms with Gasteiger partial charge in [0.05, 0.1) is 11.7 Å². The lowest BCUT2D eigenvalue weighted by atomic mass is 10.1. The van der Waals surface area contributed by atoms with E-state index in [0.29, 0.717) is 15.9 Å². The fraction of sp³-hybridized carbons (Fsp3) is 0.105. The van der Waals surface area contributed by atoms with Crippen molar-refractivity contribution in [2.75, 3.05) is 5.32 Å². The Kier molecular flexibility index (Phi) is 3.82. The molecule has 2 heterocycles. The molecule has 0 aliphatic carbocycles. The first kappa shape index (κ1) is 15.5. The number of thiophene rings is 1. The lowest BCUT2D eigenvalue weighted by Gasteiger charge is -2.08. The average molecular weight is 349 g/mol. The number of aromatic nitrogens is 2. The maximum atomic E-state index is 12.5. The fourth-order valence-corrected chi connectivity index (χ4v) is 3.65. The summed E-state index contributed by atoms with van der Waals surface area (Å²) in [6, 6.07) is 15.5. The van der Waals surface area contributed by atoms with Crippen molar-refractivity contribution in [3.05, 3.63) is 70.1 Å². The SMILES string of the molecule is Cc1cc2c(=O)n(CC(=O)Nc3ccc4ccccc4c3)cnc2s1. The van der Waals surface area contributed by atoms with E-state index in [1.165, 1.54) is 22.2 Å². The van der Waals surface area contributed by atoms with Gasteiger partial charge in [-0.25, -0.2) is 4.98 Å². The van der Waals surface area contributed by atoms with Gasteiger partial charge in [0.1, 0.15) is 11.4 Å². The number of nitrogens with one attached hydrogen (secondary N) is 1. The van der Waals surface area contributed by atoms with E-state index in [0.717, 1.165) is 15.6 Å². The minimum absolute atomic E-state index is 0.0660. The number of amides is 1. The molecule has 0 saturated carbocycles. The Morgan fingerprint density at radius 2 is 1.96 bits per heavy atom. The summed E-state index contributed by atoms with van der Waals surface area (Å²) in [5.74, 6) is -0.259. The number of anilines is 1. The zero-order chi connectivity index (χ0) is 17.4. The van der Waals surface area contributed by atoms with Crippen LogP contribution in [0.15, 0.2) is 59.7 Å². The van der Waals surface area contributed by atoms with E-state index in [1.807, 2.05) is 55.5 Å². The maximum Gasteiger partial charge on any atom is 0.262 e. The van der Waals surface area contributed by atoms with Gasteiger partial charge in [-0.15, -0.1) is 11.3 Å². The van der Waals surface area contributed by atoms with Gasteiger partial charge >= 0.3 is 0 Å². The smallest absolute Gasteiger partial charge is 0.262 e. The Hall–Kier alpha value is -2.99. The lowest BCUT2D eigenvalue weighted by molar-refractivity contribution is -0.116. The van der Waals surface area contributed by atoms with Crippen LogP contribution in [0.25, 0.3) is 21.0 Å². The molecule has 5 nitrogen and oxygen atoms in total. The summed E-state index contributed by atoms with van der Waals surface area (Å²) in [5.41, 5.74) is 0.514. The highest BCUT2D eigenvalue weighted by atomic mass is 32.1. The highest BCUT2D eigenvalue weighted by Crippen LogP contribution is 2.20. The molecule has 0 spiro atoms. The van der Waals surface area contributed by atoms with Gasteiger partial charge in [-0.1, -0.05) is 30.3 Å². The highest BCUT2D eigenvalue weighted by Gasteiger charge is 2.10. The van der Waals surface area contributed by atoms with Gasteiger partial charge in [-0.2, -0.15) is 0 Å². The van der Waals surface area contributed by atoms with Crippen molar-refractivity contribution in [1.29, 1.82) is 0 Å². The molecule has 4 aromatic rings. The highest BCUT2D eigenvalue weighted by molar-refractivity contribution is 7.18. The number of carbonyl (C=O) groups excluding carboxylic acids is 1. The van der Waals surface area contributed by atoms with Crippen molar-refractivity contribution in [3.8, 4) is 0 Å². The molecule has 0 bridgehead atoms. The largest absolute Gasteiger partial charge is 0.325 e. The zero-order valence-corrected chi connectivity index (χ0v) is 14.3. The Morgan fingerprint density at radius 3 is 2.80 bits per heavy atom. The molecule has 0 radical (unpaired) electrons. The van der Waals surface area contributed by atoms with E-state index in [-0.39, 0.29) is 18.0 Å². The van der Waals surface area contributed by atoms with Crippen LogP contribution >= 0.6 is 11.3 Å². The lowest BCUT2D eigenvalue weighted by Crippen LogP contribution is -2.27. The van der Waals surface area contributed by atoms with Crippen LogP contribution in [-0.2, 0) is 11.3 Å². The third-order valence-corrected chi connectivity index (χ3v) is 4.95. The van der Waals surface area contributed by atoms with Crippen LogP contribution in [-0.4, -0.2) is 15.5 Å². The number of rotatable bonds is 3. The second kappa shape index (κ2) is 6.14. The molecule has 0 fully saturated rings. The van der Waals surface area contributed by atoms with Crippen molar-refractivity contribution in [3.63, 3.8) is 0 Å². The van der Waals surface area contributed by atoms with Gasteiger partial charge in [0.15, 0.2) is 0 Å². The van der Waals surface area contributed by atoms with Crippen molar-refractivity contribution in [2.24, 2.45) is 0 Å². The van der Waals surface area contributed by atoms with E-state index < -0.39 is 0 Å². The van der Waals surface area contributed by atoms with Gasteiger partial charge in [-0.05, 0) is 35.9 Å². The molecule has 25 heavy (non-hydrogen) atoms. The van der Waals surface area contributed by atoms with Gasteiger partial charge in [0, 0.05) is 10.6 Å². The Morgan fingerprint density at radius 1 is 1.16 bits per heavy atom. The van der Waals surface area contributed by atoms with Gasteiger partial charge in [-0.3, -0.25) is 14.2 Å². The van der Waals surface area contributed by atoms with Crippen LogP contribution < -0.4 is 10.9 Å². The number of hydrogen-bond acceptors (Lipinski definition) is 4. The van der Waals surface area contributed by atoms with E-state index in [9.17, 15) is 9.59 Å². The molecule has 4 rings (SSSR count). The molecule has 0 aliphatic heterocycles. The zero-order valence-electron chi connectivity index (χ0n) is 13.5. The minimum atomic E-state index is -0.259. The quantitative estimate of drug-likeness (QED) is 0.615. The predicted molar refractivity (Wildman–Crippen MR) is 101 cm³/mol. The summed E-state index contributed by atoms with van der Waals surface area (Å²) in [7, 11) is 0. The van der Waals surface area contributed by atoms with Crippen LogP contribution in [0.5, 0.6) is 0 Å². The first-order chi connectivity index (χ1) is 12.1. The molecule has 0 unspecified atom stereocenters. The van der Waals surface area contributed by atoms with Gasteiger partial charge < -0.3 is 5.32 Å². The van der Waals surface area contributed by atoms with Crippen molar-refractivity contribution in [1.82, 2.24) is 9.55 Å². The van der Waals surface area contributed by atoms with Crippen LogP contribution in [0, 0.1) is 6.92 Å². The molecule has 124 valence electrons. The molecule has 0 saturated heterocycles. The summed E-state index contributed by atoms with van der Waals surface area (Å²) >= 11 is 1.47. The molecule has 2 aromatic heterocycles. The van der Waals surface area contributed by atoms with Crippen LogP contribution in [0.4, 0.5) is 5.69 Å². The Balaban J connectivity index is 1.57. The summed E-state index contributed by atoms with van der Waals surface area (Å²) in [5, 5.41) is 5.56. The number of fused-ring (bicyclic) bond motifs is 2. The van der Waals surface area contributed by atoms with Crippen molar-refractivity contribution >= 4 is 43.9 Å². The number of benzene rings is 2. The van der Waals surface area contributed by atoms with E-state index in [1.54, 1.807) is 0 Å². The monoisotopic (exact) mass is 349 g/mol. The molecule has 0 atom stereocenters. The molecule has 1 N–H and O–H groups in total. The summed E-state index contributed by atoms with van der Waals surface area (Å²) in [6.07, 6.45) is 1.43. The Labute approximate surface area is 147 Å². The average Bonchev–Trinajstić information content (AvgIpc) is 2.99. The molecular weight excluding hydrogens is 334 g/mol. The number of aryl methyl sites for hydroxylation is 1. The second-order valence-corrected chi connectivity index (χ2v) is 7.10. The number of hydrogen-bond donors (Lipinski definition) is 1. The fourth-order valence-electron chi connectivity index (χ4n) is 2.82. The van der Waals surface area contributed by atoms with Crippen LogP contribution in [0.1, 0.15) is 4.88 Å². The summed E-state index contributed by atoms with van der Waals surface area (Å²) in [4.78, 5) is 30.8. The maximum absolute atomic E-state index is 12.5. The summed E-state index contributed by atoms with van der Waals surface area (Å²) < 4.78 is 1.34. The van der Waals surface area contributed by atoms with Crippen molar-refractivity contribution in [2.45, 2.75) is 13.5 Å². The Bertz CT molecular complexity index is 1160.